The minimum Gasteiger partial charge on any atom is -0.0882 e. The fraction of sp³-hybridized carbons (Fsp3) is 0.308. The second kappa shape index (κ2) is 7.60. The quantitative estimate of drug-likeness (QED) is 0.486. The molecule has 0 aliphatic heterocycles. The maximum absolute atomic E-state index is 2.27. The number of hydrogen-bond donors (Lipinski definition) is 0. The van der Waals surface area contributed by atoms with E-state index in [0.29, 0.717) is 0 Å². The molecule has 1 rings (SSSR count). The fourth-order valence-electron chi connectivity index (χ4n) is 1.17. The Morgan fingerprint density at radius 3 is 2.46 bits per heavy atom. The van der Waals surface area contributed by atoms with Gasteiger partial charge in [-0.1, -0.05) is 48.6 Å². The number of allylic oxidation sites excluding steroid dienone is 8. The molecule has 13 heavy (non-hydrogen) atoms. The average Bonchev–Trinajstić information content (AvgIpc) is 2.18. The van der Waals surface area contributed by atoms with Crippen LogP contribution in [0.25, 0.3) is 0 Å². The van der Waals surface area contributed by atoms with Crippen molar-refractivity contribution in [2.45, 2.75) is 25.7 Å². The molecule has 0 atom stereocenters. The first-order valence-electron chi connectivity index (χ1n) is 4.97. The molecule has 0 heteroatoms. The van der Waals surface area contributed by atoms with Crippen LogP contribution in [0, 0.1) is 6.42 Å². The molecule has 0 saturated carbocycles. The van der Waals surface area contributed by atoms with E-state index in [1.165, 1.54) is 19.3 Å². The molecule has 0 aromatic carbocycles. The van der Waals surface area contributed by atoms with Gasteiger partial charge in [0.2, 0.25) is 0 Å². The highest BCUT2D eigenvalue weighted by Crippen LogP contribution is 2.02. The minimum atomic E-state index is 1.05. The normalized spacial score (nSPS) is 28.9. The molecule has 1 radical (unpaired) electrons. The molecule has 0 fully saturated rings. The van der Waals surface area contributed by atoms with Crippen LogP contribution in [-0.4, -0.2) is 0 Å². The monoisotopic (exact) mass is 173 g/mol. The van der Waals surface area contributed by atoms with Gasteiger partial charge in [0.25, 0.3) is 0 Å². The van der Waals surface area contributed by atoms with Crippen LogP contribution in [0.15, 0.2) is 48.6 Å². The van der Waals surface area contributed by atoms with E-state index >= 15 is 0 Å². The average molecular weight is 173 g/mol. The van der Waals surface area contributed by atoms with Crippen LogP contribution in [0.1, 0.15) is 25.7 Å². The van der Waals surface area contributed by atoms with E-state index in [4.69, 9.17) is 0 Å². The van der Waals surface area contributed by atoms with Crippen LogP contribution in [-0.2, 0) is 0 Å². The topological polar surface area (TPSA) is 0 Å². The summed E-state index contributed by atoms with van der Waals surface area (Å²) in [6.07, 6.45) is 24.0. The number of hydrogen-bond acceptors (Lipinski definition) is 0. The molecule has 1 aliphatic rings. The van der Waals surface area contributed by atoms with E-state index in [0.717, 1.165) is 6.42 Å². The SMILES string of the molecule is [CH]1/C=C/C=C/C=C\C/C=C/CCC1. The Kier molecular flexibility index (Phi) is 5.87. The molecule has 0 nitrogen and oxygen atoms in total. The second-order valence-electron chi connectivity index (χ2n) is 3.07. The van der Waals surface area contributed by atoms with Gasteiger partial charge in [0.15, 0.2) is 0 Å². The van der Waals surface area contributed by atoms with E-state index in [-0.39, 0.29) is 0 Å². The lowest BCUT2D eigenvalue weighted by atomic mass is 10.2. The Bertz CT molecular complexity index is 216. The van der Waals surface area contributed by atoms with Gasteiger partial charge in [0.1, 0.15) is 0 Å². The van der Waals surface area contributed by atoms with Crippen molar-refractivity contribution in [3.8, 4) is 0 Å². The van der Waals surface area contributed by atoms with Crippen molar-refractivity contribution < 1.29 is 0 Å². The molecule has 0 aromatic rings. The second-order valence-corrected chi connectivity index (χ2v) is 3.07. The predicted molar refractivity (Wildman–Crippen MR) is 59.3 cm³/mol. The van der Waals surface area contributed by atoms with Crippen molar-refractivity contribution in [3.63, 3.8) is 0 Å². The van der Waals surface area contributed by atoms with Crippen LogP contribution in [0.3, 0.4) is 0 Å². The van der Waals surface area contributed by atoms with Crippen LogP contribution in [0.2, 0.25) is 0 Å². The lowest BCUT2D eigenvalue weighted by molar-refractivity contribution is 0.841. The molecule has 0 heterocycles. The first-order chi connectivity index (χ1) is 6.50. The van der Waals surface area contributed by atoms with Gasteiger partial charge in [0, 0.05) is 0 Å². The summed E-state index contributed by atoms with van der Waals surface area (Å²) in [6.45, 7) is 0. The summed E-state index contributed by atoms with van der Waals surface area (Å²) >= 11 is 0. The smallest absolute Gasteiger partial charge is 0.0166 e. The highest BCUT2D eigenvalue weighted by atomic mass is 13.9. The zero-order valence-electron chi connectivity index (χ0n) is 8.02. The van der Waals surface area contributed by atoms with Gasteiger partial charge in [-0.15, -0.1) is 0 Å². The van der Waals surface area contributed by atoms with Crippen molar-refractivity contribution in [2.24, 2.45) is 0 Å². The van der Waals surface area contributed by atoms with Gasteiger partial charge in [-0.3, -0.25) is 0 Å². The van der Waals surface area contributed by atoms with E-state index in [9.17, 15) is 0 Å². The molecule has 0 aromatic heterocycles. The third-order valence-corrected chi connectivity index (χ3v) is 1.90. The van der Waals surface area contributed by atoms with Gasteiger partial charge in [-0.25, -0.2) is 0 Å². The van der Waals surface area contributed by atoms with Crippen molar-refractivity contribution in [1.29, 1.82) is 0 Å². The van der Waals surface area contributed by atoms with Gasteiger partial charge in [-0.05, 0) is 32.1 Å². The number of rotatable bonds is 0. The van der Waals surface area contributed by atoms with Crippen molar-refractivity contribution >= 4 is 0 Å². The summed E-state index contributed by atoms with van der Waals surface area (Å²) in [5.74, 6) is 0. The van der Waals surface area contributed by atoms with Crippen molar-refractivity contribution in [2.75, 3.05) is 0 Å². The van der Waals surface area contributed by atoms with Crippen molar-refractivity contribution in [1.82, 2.24) is 0 Å². The fourth-order valence-corrected chi connectivity index (χ4v) is 1.17. The predicted octanol–water partition coefficient (Wildman–Crippen LogP) is 3.99. The highest BCUT2D eigenvalue weighted by molar-refractivity contribution is 5.14. The molecule has 69 valence electrons. The Morgan fingerprint density at radius 2 is 1.46 bits per heavy atom. The van der Waals surface area contributed by atoms with Crippen LogP contribution in [0.5, 0.6) is 0 Å². The maximum Gasteiger partial charge on any atom is -0.0166 e. The third-order valence-electron chi connectivity index (χ3n) is 1.90. The van der Waals surface area contributed by atoms with Crippen molar-refractivity contribution in [3.05, 3.63) is 55.0 Å². The molecule has 0 bridgehead atoms. The van der Waals surface area contributed by atoms with Crippen LogP contribution >= 0.6 is 0 Å². The highest BCUT2D eigenvalue weighted by Gasteiger charge is 1.83. The Hall–Kier alpha value is -1.04. The van der Waals surface area contributed by atoms with Crippen LogP contribution < -0.4 is 0 Å². The largest absolute Gasteiger partial charge is 0.0882 e. The van der Waals surface area contributed by atoms with E-state index in [1.54, 1.807) is 0 Å². The van der Waals surface area contributed by atoms with E-state index in [1.807, 2.05) is 0 Å². The zero-order chi connectivity index (χ0) is 9.19. The Balaban J connectivity index is 2.38. The third kappa shape index (κ3) is 6.15. The molecular formula is C13H17. The molecule has 0 amide bonds. The van der Waals surface area contributed by atoms with Crippen LogP contribution in [0.4, 0.5) is 0 Å². The standard InChI is InChI=1S/C13H17/c1-2-4-6-8-10-12-13-11-9-7-5-3-1/h1-7,10,12H,8-9,11,13H2/b2-1+,5-3+,6-4-,12-10+. The van der Waals surface area contributed by atoms with Gasteiger partial charge in [-0.2, -0.15) is 0 Å². The first kappa shape index (κ1) is 10.0. The summed E-state index contributed by atoms with van der Waals surface area (Å²) in [5, 5.41) is 0. The molecule has 0 unspecified atom stereocenters. The van der Waals surface area contributed by atoms with E-state index < -0.39 is 0 Å². The maximum atomic E-state index is 2.27. The zero-order valence-corrected chi connectivity index (χ0v) is 8.02. The van der Waals surface area contributed by atoms with Gasteiger partial charge < -0.3 is 0 Å². The van der Waals surface area contributed by atoms with E-state index in [2.05, 4.69) is 55.0 Å². The summed E-state index contributed by atoms with van der Waals surface area (Å²) in [4.78, 5) is 0. The van der Waals surface area contributed by atoms with Gasteiger partial charge in [0.05, 0.1) is 0 Å². The Labute approximate surface area is 81.4 Å². The molecule has 0 saturated heterocycles. The molecule has 0 N–H and O–H groups in total. The lowest BCUT2D eigenvalue weighted by Crippen LogP contribution is -1.72. The molecule has 0 spiro atoms. The summed E-state index contributed by atoms with van der Waals surface area (Å²) < 4.78 is 0. The molecular weight excluding hydrogens is 156 g/mol. The first-order valence-corrected chi connectivity index (χ1v) is 4.97. The lowest BCUT2D eigenvalue weighted by Gasteiger charge is -1.91. The summed E-state index contributed by atoms with van der Waals surface area (Å²) in [5.41, 5.74) is 0. The molecule has 1 aliphatic carbocycles. The minimum absolute atomic E-state index is 1.05. The summed E-state index contributed by atoms with van der Waals surface area (Å²) in [7, 11) is 0. The Morgan fingerprint density at radius 1 is 0.615 bits per heavy atom. The summed E-state index contributed by atoms with van der Waals surface area (Å²) in [6, 6.07) is 0. The van der Waals surface area contributed by atoms with Gasteiger partial charge >= 0.3 is 0 Å².